The lowest BCUT2D eigenvalue weighted by molar-refractivity contribution is -0.660. The molecule has 2 heterocycles. The van der Waals surface area contributed by atoms with Crippen LogP contribution in [-0.2, 0) is 7.05 Å². The van der Waals surface area contributed by atoms with Crippen molar-refractivity contribution in [2.24, 2.45) is 7.05 Å². The predicted octanol–water partition coefficient (Wildman–Crippen LogP) is 6.61. The Morgan fingerprint density at radius 3 is 2.53 bits per heavy atom. The topological polar surface area (TPSA) is 40.8 Å². The zero-order valence-corrected chi connectivity index (χ0v) is 18.0. The van der Waals surface area contributed by atoms with Crippen LogP contribution in [0.15, 0.2) is 47.0 Å². The smallest absolute Gasteiger partial charge is 0.216 e. The van der Waals surface area contributed by atoms with Crippen molar-refractivity contribution >= 4 is 21.9 Å². The molecule has 4 aromatic rings. The third kappa shape index (κ3) is 2.82. The van der Waals surface area contributed by atoms with Gasteiger partial charge in [0.05, 0.1) is 17.2 Å². The number of furan rings is 1. The Bertz CT molecular complexity index is 1320. The van der Waals surface area contributed by atoms with Gasteiger partial charge in [-0.05, 0) is 55.9 Å². The first-order valence-electron chi connectivity index (χ1n) is 10.9. The van der Waals surface area contributed by atoms with Crippen LogP contribution in [0.4, 0.5) is 0 Å². The Morgan fingerprint density at radius 1 is 1.00 bits per heavy atom. The highest BCUT2D eigenvalue weighted by Gasteiger charge is 2.27. The first-order chi connectivity index (χ1) is 14.6. The van der Waals surface area contributed by atoms with E-state index in [1.165, 1.54) is 30.2 Å². The highest BCUT2D eigenvalue weighted by molar-refractivity contribution is 6.12. The Kier molecular flexibility index (Phi) is 4.59. The molecule has 0 aliphatic heterocycles. The third-order valence-electron chi connectivity index (χ3n) is 6.80. The minimum atomic E-state index is 0.412. The first-order valence-corrected chi connectivity index (χ1v) is 10.9. The van der Waals surface area contributed by atoms with Gasteiger partial charge in [-0.3, -0.25) is 0 Å². The van der Waals surface area contributed by atoms with Gasteiger partial charge in [0, 0.05) is 28.5 Å². The first kappa shape index (κ1) is 18.9. The fourth-order valence-corrected chi connectivity index (χ4v) is 5.32. The van der Waals surface area contributed by atoms with Crippen LogP contribution < -0.4 is 4.57 Å². The van der Waals surface area contributed by atoms with E-state index in [2.05, 4.69) is 68.1 Å². The van der Waals surface area contributed by atoms with Gasteiger partial charge in [-0.1, -0.05) is 31.4 Å². The fraction of sp³-hybridized carbons (Fsp3) is 0.333. The van der Waals surface area contributed by atoms with Crippen molar-refractivity contribution in [3.8, 4) is 17.3 Å². The molecular weight excluding hydrogens is 368 g/mol. The van der Waals surface area contributed by atoms with E-state index in [9.17, 15) is 5.26 Å². The van der Waals surface area contributed by atoms with Crippen molar-refractivity contribution in [2.75, 3.05) is 0 Å². The molecule has 30 heavy (non-hydrogen) atoms. The zero-order chi connectivity index (χ0) is 20.8. The summed E-state index contributed by atoms with van der Waals surface area (Å²) in [4.78, 5) is 0. The van der Waals surface area contributed by atoms with Crippen LogP contribution in [0.1, 0.15) is 60.3 Å². The summed E-state index contributed by atoms with van der Waals surface area (Å²) in [7, 11) is 2.07. The molecule has 0 N–H and O–H groups in total. The van der Waals surface area contributed by atoms with Crippen molar-refractivity contribution in [3.05, 3.63) is 64.8 Å². The summed E-state index contributed by atoms with van der Waals surface area (Å²) in [6, 6.07) is 15.2. The minimum absolute atomic E-state index is 0.412. The van der Waals surface area contributed by atoms with Gasteiger partial charge in [0.25, 0.3) is 0 Å². The predicted molar refractivity (Wildman–Crippen MR) is 120 cm³/mol. The molecule has 3 heteroatoms. The maximum Gasteiger partial charge on any atom is 0.216 e. The molecule has 2 aromatic carbocycles. The summed E-state index contributed by atoms with van der Waals surface area (Å²) in [6.07, 6.45) is 8.11. The highest BCUT2D eigenvalue weighted by atomic mass is 16.3. The number of hydrogen-bond acceptors (Lipinski definition) is 2. The van der Waals surface area contributed by atoms with E-state index in [0.717, 1.165) is 57.3 Å². The number of pyridine rings is 1. The van der Waals surface area contributed by atoms with Gasteiger partial charge in [0.1, 0.15) is 18.2 Å². The molecule has 0 bridgehead atoms. The second-order valence-corrected chi connectivity index (χ2v) is 8.74. The van der Waals surface area contributed by atoms with E-state index in [-0.39, 0.29) is 0 Å². The van der Waals surface area contributed by atoms with Crippen molar-refractivity contribution in [3.63, 3.8) is 0 Å². The van der Waals surface area contributed by atoms with E-state index in [4.69, 9.17) is 4.42 Å². The number of nitrogens with zero attached hydrogens (tertiary/aromatic N) is 2. The van der Waals surface area contributed by atoms with Gasteiger partial charge in [0.2, 0.25) is 5.69 Å². The molecule has 3 nitrogen and oxygen atoms in total. The van der Waals surface area contributed by atoms with E-state index >= 15 is 0 Å². The number of hydrogen-bond donors (Lipinski definition) is 0. The molecule has 150 valence electrons. The van der Waals surface area contributed by atoms with Crippen molar-refractivity contribution in [1.29, 1.82) is 5.26 Å². The summed E-state index contributed by atoms with van der Waals surface area (Å²) in [5, 5.41) is 12.2. The monoisotopic (exact) mass is 395 g/mol. The zero-order valence-electron chi connectivity index (χ0n) is 18.0. The summed E-state index contributed by atoms with van der Waals surface area (Å²) in [5.74, 6) is 0.412. The molecule has 1 aliphatic carbocycles. The Morgan fingerprint density at radius 2 is 1.80 bits per heavy atom. The van der Waals surface area contributed by atoms with Crippen LogP contribution >= 0.6 is 0 Å². The molecule has 1 saturated carbocycles. The Balaban J connectivity index is 1.90. The van der Waals surface area contributed by atoms with Gasteiger partial charge in [-0.15, -0.1) is 0 Å². The summed E-state index contributed by atoms with van der Waals surface area (Å²) < 4.78 is 8.86. The number of aryl methyl sites for hydroxylation is 3. The molecule has 0 radical (unpaired) electrons. The number of aromatic nitrogens is 1. The summed E-state index contributed by atoms with van der Waals surface area (Å²) in [5.41, 5.74) is 8.37. The molecule has 0 unspecified atom stereocenters. The highest BCUT2D eigenvalue weighted by Crippen LogP contribution is 2.44. The third-order valence-corrected chi connectivity index (χ3v) is 6.80. The van der Waals surface area contributed by atoms with E-state index < -0.39 is 0 Å². The standard InChI is InChI=1S/C27H27N2O/c1-17-12-13-21-23-18(2)15-20(16-28)25(19-9-5-4-6-10-19)27(23)30-26(21)24(17)22-11-7-8-14-29(22)3/h7-8,11-15,19H,4-6,9-10H2,1-3H3/q+1. The molecule has 0 saturated heterocycles. The summed E-state index contributed by atoms with van der Waals surface area (Å²) >= 11 is 0. The van der Waals surface area contributed by atoms with Gasteiger partial charge in [0.15, 0.2) is 6.20 Å². The van der Waals surface area contributed by atoms with Crippen LogP contribution in [0.3, 0.4) is 0 Å². The molecule has 0 spiro atoms. The van der Waals surface area contributed by atoms with Crippen LogP contribution in [0.25, 0.3) is 33.2 Å². The molecule has 2 aromatic heterocycles. The van der Waals surface area contributed by atoms with Gasteiger partial charge >= 0.3 is 0 Å². The SMILES string of the molecule is Cc1ccc2c(oc3c(C4CCCCC4)c(C#N)cc(C)c32)c1-c1cccc[n+]1C. The van der Waals surface area contributed by atoms with Crippen molar-refractivity contribution in [1.82, 2.24) is 0 Å². The fourth-order valence-electron chi connectivity index (χ4n) is 5.32. The molecular formula is C27H27N2O+. The summed E-state index contributed by atoms with van der Waals surface area (Å²) in [6.45, 7) is 4.25. The minimum Gasteiger partial charge on any atom is -0.455 e. The van der Waals surface area contributed by atoms with Gasteiger partial charge in [-0.25, -0.2) is 4.57 Å². The van der Waals surface area contributed by atoms with E-state index in [1.54, 1.807) is 0 Å². The molecule has 0 amide bonds. The second kappa shape index (κ2) is 7.29. The molecule has 0 atom stereocenters. The average Bonchev–Trinajstić information content (AvgIpc) is 3.14. The normalized spacial score (nSPS) is 15.0. The van der Waals surface area contributed by atoms with E-state index in [1.807, 2.05) is 6.07 Å². The van der Waals surface area contributed by atoms with E-state index in [0.29, 0.717) is 5.92 Å². The lowest BCUT2D eigenvalue weighted by Gasteiger charge is -2.23. The van der Waals surface area contributed by atoms with Crippen LogP contribution in [-0.4, -0.2) is 0 Å². The average molecular weight is 396 g/mol. The number of nitriles is 1. The lowest BCUT2D eigenvalue weighted by atomic mass is 9.81. The van der Waals surface area contributed by atoms with Gasteiger partial charge in [-0.2, -0.15) is 5.26 Å². The maximum atomic E-state index is 9.93. The molecule has 1 fully saturated rings. The Labute approximate surface area is 177 Å². The lowest BCUT2D eigenvalue weighted by Crippen LogP contribution is -2.30. The van der Waals surface area contributed by atoms with Crippen LogP contribution in [0.2, 0.25) is 0 Å². The van der Waals surface area contributed by atoms with Crippen LogP contribution in [0, 0.1) is 25.2 Å². The Hall–Kier alpha value is -3.12. The van der Waals surface area contributed by atoms with Crippen molar-refractivity contribution < 1.29 is 8.98 Å². The maximum absolute atomic E-state index is 9.93. The molecule has 1 aliphatic rings. The number of fused-ring (bicyclic) bond motifs is 3. The largest absolute Gasteiger partial charge is 0.455 e. The quantitative estimate of drug-likeness (QED) is 0.358. The molecule has 5 rings (SSSR count). The second-order valence-electron chi connectivity index (χ2n) is 8.74. The number of benzene rings is 2. The van der Waals surface area contributed by atoms with Crippen molar-refractivity contribution in [2.45, 2.75) is 51.9 Å². The van der Waals surface area contributed by atoms with Crippen LogP contribution in [0.5, 0.6) is 0 Å². The van der Waals surface area contributed by atoms with Gasteiger partial charge < -0.3 is 4.42 Å². The number of rotatable bonds is 2.